The highest BCUT2D eigenvalue weighted by atomic mass is 16.5. The van der Waals surface area contributed by atoms with Crippen molar-refractivity contribution >= 4 is 6.08 Å². The van der Waals surface area contributed by atoms with Gasteiger partial charge in [-0.2, -0.15) is 0 Å². The molecule has 0 saturated carbocycles. The van der Waals surface area contributed by atoms with E-state index >= 15 is 0 Å². The molecule has 3 heteroatoms. The number of aromatic nitrogens is 1. The minimum Gasteiger partial charge on any atom is -0.504 e. The van der Waals surface area contributed by atoms with Crippen molar-refractivity contribution in [2.75, 3.05) is 7.11 Å². The molecule has 1 aromatic carbocycles. The topological polar surface area (TPSA) is 35.3 Å². The summed E-state index contributed by atoms with van der Waals surface area (Å²) in [7, 11) is 1.63. The molecule has 0 amide bonds. The zero-order valence-corrected chi connectivity index (χ0v) is 8.38. The zero-order chi connectivity index (χ0) is 10.5. The first-order chi connectivity index (χ1) is 7.40. The van der Waals surface area contributed by atoms with Crippen LogP contribution in [0.25, 0.3) is 17.2 Å². The third kappa shape index (κ3) is 2.26. The molecule has 2 aromatic rings. The fraction of sp³-hybridized carbons (Fsp3) is 0.0833. The Hall–Kier alpha value is -2.03. The van der Waals surface area contributed by atoms with Gasteiger partial charge in [0.15, 0.2) is 0 Å². The lowest BCUT2D eigenvalue weighted by Gasteiger charge is -1.98. The van der Waals surface area contributed by atoms with Crippen LogP contribution in [0.5, 0.6) is 0 Å². The SMILES string of the molecule is COC=Cc1cccc(-c2cnoc2)c1. The monoisotopic (exact) mass is 201 g/mol. The fourth-order valence-corrected chi connectivity index (χ4v) is 1.32. The van der Waals surface area contributed by atoms with E-state index in [0.717, 1.165) is 16.7 Å². The van der Waals surface area contributed by atoms with Crippen molar-refractivity contribution in [2.24, 2.45) is 0 Å². The van der Waals surface area contributed by atoms with Crippen LogP contribution in [-0.4, -0.2) is 12.3 Å². The highest BCUT2D eigenvalue weighted by Crippen LogP contribution is 2.20. The van der Waals surface area contributed by atoms with Crippen molar-refractivity contribution in [3.63, 3.8) is 0 Å². The number of benzene rings is 1. The zero-order valence-electron chi connectivity index (χ0n) is 8.38. The minimum atomic E-state index is 0.975. The van der Waals surface area contributed by atoms with Crippen LogP contribution in [0.15, 0.2) is 47.5 Å². The van der Waals surface area contributed by atoms with Gasteiger partial charge in [0.05, 0.1) is 19.6 Å². The molecule has 0 unspecified atom stereocenters. The molecule has 0 aliphatic carbocycles. The number of hydrogen-bond acceptors (Lipinski definition) is 3. The van der Waals surface area contributed by atoms with Crippen molar-refractivity contribution in [1.29, 1.82) is 0 Å². The summed E-state index contributed by atoms with van der Waals surface area (Å²) in [4.78, 5) is 0. The Balaban J connectivity index is 2.31. The van der Waals surface area contributed by atoms with Crippen LogP contribution in [0.2, 0.25) is 0 Å². The molecule has 0 aliphatic heterocycles. The van der Waals surface area contributed by atoms with Crippen molar-refractivity contribution in [1.82, 2.24) is 5.16 Å². The van der Waals surface area contributed by atoms with Crippen LogP contribution in [0.3, 0.4) is 0 Å². The van der Waals surface area contributed by atoms with Gasteiger partial charge in [-0.05, 0) is 23.3 Å². The smallest absolute Gasteiger partial charge is 0.131 e. The number of hydrogen-bond donors (Lipinski definition) is 0. The Morgan fingerprint density at radius 1 is 1.33 bits per heavy atom. The van der Waals surface area contributed by atoms with Crippen molar-refractivity contribution in [3.8, 4) is 11.1 Å². The van der Waals surface area contributed by atoms with Crippen LogP contribution in [-0.2, 0) is 4.74 Å². The summed E-state index contributed by atoms with van der Waals surface area (Å²) < 4.78 is 9.66. The van der Waals surface area contributed by atoms with E-state index in [0.29, 0.717) is 0 Å². The molecule has 0 saturated heterocycles. The molecular formula is C12H11NO2. The molecule has 76 valence electrons. The van der Waals surface area contributed by atoms with E-state index in [1.165, 1.54) is 0 Å². The lowest BCUT2D eigenvalue weighted by atomic mass is 10.1. The second-order valence-corrected chi connectivity index (χ2v) is 3.08. The maximum atomic E-state index is 4.86. The first-order valence-electron chi connectivity index (χ1n) is 4.59. The summed E-state index contributed by atoms with van der Waals surface area (Å²) in [5.41, 5.74) is 3.13. The molecule has 15 heavy (non-hydrogen) atoms. The average molecular weight is 201 g/mol. The Labute approximate surface area is 88.0 Å². The summed E-state index contributed by atoms with van der Waals surface area (Å²) >= 11 is 0. The second kappa shape index (κ2) is 4.46. The maximum absolute atomic E-state index is 4.86. The molecule has 1 aromatic heterocycles. The Bertz CT molecular complexity index is 446. The molecule has 0 fully saturated rings. The summed E-state index contributed by atoms with van der Waals surface area (Å²) in [5, 5.41) is 3.67. The third-order valence-corrected chi connectivity index (χ3v) is 2.05. The van der Waals surface area contributed by atoms with Crippen LogP contribution in [0.1, 0.15) is 5.56 Å². The van der Waals surface area contributed by atoms with Crippen LogP contribution in [0, 0.1) is 0 Å². The standard InChI is InChI=1S/C12H11NO2/c1-14-6-5-10-3-2-4-11(7-10)12-8-13-15-9-12/h2-9H,1H3. The Morgan fingerprint density at radius 3 is 3.00 bits per heavy atom. The number of rotatable bonds is 3. The van der Waals surface area contributed by atoms with Gasteiger partial charge in [-0.25, -0.2) is 0 Å². The lowest BCUT2D eigenvalue weighted by molar-refractivity contribution is 0.341. The first-order valence-corrected chi connectivity index (χ1v) is 4.59. The van der Waals surface area contributed by atoms with E-state index in [1.807, 2.05) is 30.3 Å². The van der Waals surface area contributed by atoms with E-state index in [4.69, 9.17) is 9.26 Å². The Kier molecular flexibility index (Phi) is 2.83. The van der Waals surface area contributed by atoms with Gasteiger partial charge in [-0.3, -0.25) is 0 Å². The molecule has 0 aliphatic rings. The van der Waals surface area contributed by atoms with Crippen molar-refractivity contribution in [2.45, 2.75) is 0 Å². The second-order valence-electron chi connectivity index (χ2n) is 3.08. The summed E-state index contributed by atoms with van der Waals surface area (Å²) in [6.45, 7) is 0. The van der Waals surface area contributed by atoms with Crippen molar-refractivity contribution in [3.05, 3.63) is 48.6 Å². The first kappa shape index (κ1) is 9.52. The van der Waals surface area contributed by atoms with E-state index in [-0.39, 0.29) is 0 Å². The van der Waals surface area contributed by atoms with Gasteiger partial charge < -0.3 is 9.26 Å². The predicted octanol–water partition coefficient (Wildman–Crippen LogP) is 2.96. The van der Waals surface area contributed by atoms with E-state index in [1.54, 1.807) is 25.8 Å². The molecular weight excluding hydrogens is 190 g/mol. The van der Waals surface area contributed by atoms with Crippen LogP contribution >= 0.6 is 0 Å². The highest BCUT2D eigenvalue weighted by molar-refractivity contribution is 5.65. The molecule has 0 N–H and O–H groups in total. The number of methoxy groups -OCH3 is 1. The van der Waals surface area contributed by atoms with Crippen LogP contribution in [0.4, 0.5) is 0 Å². The number of nitrogens with zero attached hydrogens (tertiary/aromatic N) is 1. The maximum Gasteiger partial charge on any atom is 0.131 e. The predicted molar refractivity (Wildman–Crippen MR) is 58.0 cm³/mol. The van der Waals surface area contributed by atoms with Gasteiger partial charge in [0.2, 0.25) is 0 Å². The molecule has 0 atom stereocenters. The average Bonchev–Trinajstić information content (AvgIpc) is 2.80. The van der Waals surface area contributed by atoms with Crippen molar-refractivity contribution < 1.29 is 9.26 Å². The molecule has 2 rings (SSSR count). The van der Waals surface area contributed by atoms with E-state index in [2.05, 4.69) is 5.16 Å². The lowest BCUT2D eigenvalue weighted by Crippen LogP contribution is -1.77. The minimum absolute atomic E-state index is 0.975. The fourth-order valence-electron chi connectivity index (χ4n) is 1.32. The molecule has 0 spiro atoms. The van der Waals surface area contributed by atoms with E-state index in [9.17, 15) is 0 Å². The molecule has 3 nitrogen and oxygen atoms in total. The largest absolute Gasteiger partial charge is 0.504 e. The quantitative estimate of drug-likeness (QED) is 0.716. The highest BCUT2D eigenvalue weighted by Gasteiger charge is 1.99. The summed E-state index contributed by atoms with van der Waals surface area (Å²) in [5.74, 6) is 0. The van der Waals surface area contributed by atoms with Crippen LogP contribution < -0.4 is 0 Å². The van der Waals surface area contributed by atoms with E-state index < -0.39 is 0 Å². The molecule has 1 heterocycles. The normalized spacial score (nSPS) is 10.7. The molecule has 0 bridgehead atoms. The Morgan fingerprint density at radius 2 is 2.27 bits per heavy atom. The van der Waals surface area contributed by atoms with Gasteiger partial charge in [0.25, 0.3) is 0 Å². The third-order valence-electron chi connectivity index (χ3n) is 2.05. The van der Waals surface area contributed by atoms with Gasteiger partial charge in [0.1, 0.15) is 6.26 Å². The summed E-state index contributed by atoms with van der Waals surface area (Å²) in [6.07, 6.45) is 6.86. The number of ether oxygens (including phenoxy) is 1. The summed E-state index contributed by atoms with van der Waals surface area (Å²) in [6, 6.07) is 8.04. The molecule has 0 radical (unpaired) electrons. The van der Waals surface area contributed by atoms with Gasteiger partial charge in [0, 0.05) is 5.56 Å². The van der Waals surface area contributed by atoms with Gasteiger partial charge in [-0.15, -0.1) is 0 Å². The van der Waals surface area contributed by atoms with Gasteiger partial charge in [-0.1, -0.05) is 23.4 Å². The van der Waals surface area contributed by atoms with Gasteiger partial charge >= 0.3 is 0 Å².